The van der Waals surface area contributed by atoms with Crippen LogP contribution in [0.1, 0.15) is 28.3 Å². The smallest absolute Gasteiger partial charge is 0.340 e. The van der Waals surface area contributed by atoms with E-state index in [2.05, 4.69) is 0 Å². The van der Waals surface area contributed by atoms with Crippen molar-refractivity contribution in [1.82, 2.24) is 4.57 Å². The monoisotopic (exact) mass is 476 g/mol. The molecule has 0 amide bonds. The number of rotatable bonds is 7. The van der Waals surface area contributed by atoms with Crippen molar-refractivity contribution in [2.45, 2.75) is 25.8 Å². The maximum absolute atomic E-state index is 13.9. The van der Waals surface area contributed by atoms with Crippen molar-refractivity contribution in [3.63, 3.8) is 0 Å². The maximum atomic E-state index is 13.9. The third kappa shape index (κ3) is 4.47. The summed E-state index contributed by atoms with van der Waals surface area (Å²) >= 11 is 0. The van der Waals surface area contributed by atoms with Crippen molar-refractivity contribution in [3.8, 4) is 17.2 Å². The van der Waals surface area contributed by atoms with Gasteiger partial charge >= 0.3 is 5.97 Å². The van der Waals surface area contributed by atoms with Crippen LogP contribution in [0.5, 0.6) is 17.2 Å². The molecule has 1 aliphatic heterocycles. The number of nitrogens with zero attached hydrogens (tertiary/aromatic N) is 1. The van der Waals surface area contributed by atoms with Gasteiger partial charge in [0.2, 0.25) is 5.88 Å². The first-order valence-corrected chi connectivity index (χ1v) is 11.2. The number of aryl methyl sites for hydroxylation is 2. The van der Waals surface area contributed by atoms with Crippen LogP contribution in [0.3, 0.4) is 0 Å². The fraction of sp³-hybridized carbons (Fsp3) is 0.259. The molecule has 8 heteroatoms. The van der Waals surface area contributed by atoms with Gasteiger partial charge in [0.05, 0.1) is 32.8 Å². The molecule has 8 nitrogen and oxygen atoms in total. The SMILES string of the molecule is COC(=O)C1=C(N)Oc2cc(C)n(CCc3ccccc3)c(=O)c2C1c1ccc(OC)c(OC)c1. The van der Waals surface area contributed by atoms with Crippen LogP contribution in [0.25, 0.3) is 0 Å². The van der Waals surface area contributed by atoms with E-state index in [1.165, 1.54) is 21.3 Å². The standard InChI is InChI=1S/C27H28N2O6/c1-16-14-21-23(26(30)29(16)13-12-17-8-6-5-7-9-17)22(24(25(28)35-21)27(31)34-4)18-10-11-19(32-2)20(15-18)33-3/h5-11,14-15,22H,12-13,28H2,1-4H3. The quantitative estimate of drug-likeness (QED) is 0.522. The molecular formula is C27H28N2O6. The molecular weight excluding hydrogens is 448 g/mol. The normalized spacial score (nSPS) is 14.7. The number of hydrogen-bond acceptors (Lipinski definition) is 7. The molecule has 1 unspecified atom stereocenters. The molecule has 0 aliphatic carbocycles. The summed E-state index contributed by atoms with van der Waals surface area (Å²) < 4.78 is 23.3. The van der Waals surface area contributed by atoms with Crippen molar-refractivity contribution >= 4 is 5.97 Å². The zero-order valence-electron chi connectivity index (χ0n) is 20.2. The van der Waals surface area contributed by atoms with Crippen LogP contribution in [-0.4, -0.2) is 31.9 Å². The fourth-order valence-corrected chi connectivity index (χ4v) is 4.42. The summed E-state index contributed by atoms with van der Waals surface area (Å²) in [5.41, 5.74) is 8.76. The average molecular weight is 477 g/mol. The summed E-state index contributed by atoms with van der Waals surface area (Å²) in [4.78, 5) is 26.7. The molecule has 35 heavy (non-hydrogen) atoms. The van der Waals surface area contributed by atoms with E-state index < -0.39 is 11.9 Å². The predicted octanol–water partition coefficient (Wildman–Crippen LogP) is 3.28. The zero-order chi connectivity index (χ0) is 25.1. The van der Waals surface area contributed by atoms with Gasteiger partial charge in [0.25, 0.3) is 5.56 Å². The number of pyridine rings is 1. The largest absolute Gasteiger partial charge is 0.493 e. The maximum Gasteiger partial charge on any atom is 0.340 e. The second-order valence-electron chi connectivity index (χ2n) is 8.18. The van der Waals surface area contributed by atoms with Crippen molar-refractivity contribution in [1.29, 1.82) is 0 Å². The Labute approximate surface area is 203 Å². The Bertz CT molecular complexity index is 1340. The topological polar surface area (TPSA) is 102 Å². The van der Waals surface area contributed by atoms with Gasteiger partial charge in [-0.25, -0.2) is 4.79 Å². The van der Waals surface area contributed by atoms with Gasteiger partial charge in [0.15, 0.2) is 11.5 Å². The molecule has 2 N–H and O–H groups in total. The predicted molar refractivity (Wildman–Crippen MR) is 131 cm³/mol. The van der Waals surface area contributed by atoms with Crippen LogP contribution in [0.4, 0.5) is 0 Å². The van der Waals surface area contributed by atoms with E-state index in [1.807, 2.05) is 37.3 Å². The molecule has 0 saturated heterocycles. The Balaban J connectivity index is 1.89. The molecule has 0 saturated carbocycles. The van der Waals surface area contributed by atoms with E-state index >= 15 is 0 Å². The number of ether oxygens (including phenoxy) is 4. The highest BCUT2D eigenvalue weighted by Gasteiger charge is 2.38. The van der Waals surface area contributed by atoms with Crippen LogP contribution in [-0.2, 0) is 22.5 Å². The minimum atomic E-state index is -0.818. The van der Waals surface area contributed by atoms with Crippen LogP contribution >= 0.6 is 0 Å². The third-order valence-electron chi connectivity index (χ3n) is 6.18. The zero-order valence-corrected chi connectivity index (χ0v) is 20.2. The van der Waals surface area contributed by atoms with E-state index in [0.717, 1.165) is 11.3 Å². The van der Waals surface area contributed by atoms with Crippen LogP contribution in [0, 0.1) is 6.92 Å². The van der Waals surface area contributed by atoms with Gasteiger partial charge in [0.1, 0.15) is 11.3 Å². The van der Waals surface area contributed by atoms with Crippen molar-refractivity contribution in [2.24, 2.45) is 5.73 Å². The lowest BCUT2D eigenvalue weighted by atomic mass is 9.83. The van der Waals surface area contributed by atoms with Gasteiger partial charge in [-0.3, -0.25) is 4.79 Å². The minimum absolute atomic E-state index is 0.0581. The number of carbonyl (C=O) groups is 1. The van der Waals surface area contributed by atoms with E-state index in [0.29, 0.717) is 41.3 Å². The highest BCUT2D eigenvalue weighted by molar-refractivity contribution is 5.92. The van der Waals surface area contributed by atoms with Crippen LogP contribution in [0.15, 0.2) is 70.8 Å². The lowest BCUT2D eigenvalue weighted by Gasteiger charge is -2.29. The highest BCUT2D eigenvalue weighted by atomic mass is 16.5. The molecule has 3 aromatic rings. The Morgan fingerprint density at radius 2 is 1.74 bits per heavy atom. The van der Waals surface area contributed by atoms with Crippen molar-refractivity contribution in [2.75, 3.05) is 21.3 Å². The van der Waals surface area contributed by atoms with Crippen LogP contribution < -0.4 is 25.5 Å². The van der Waals surface area contributed by atoms with Crippen molar-refractivity contribution in [3.05, 3.63) is 98.8 Å². The number of aromatic nitrogens is 1. The van der Waals surface area contributed by atoms with E-state index in [-0.39, 0.29) is 17.0 Å². The Kier molecular flexibility index (Phi) is 6.82. The summed E-state index contributed by atoms with van der Waals surface area (Å²) in [6.07, 6.45) is 0.671. The van der Waals surface area contributed by atoms with E-state index in [4.69, 9.17) is 24.7 Å². The summed E-state index contributed by atoms with van der Waals surface area (Å²) in [5, 5.41) is 0. The number of hydrogen-bond donors (Lipinski definition) is 1. The Morgan fingerprint density at radius 1 is 1.03 bits per heavy atom. The molecule has 2 heterocycles. The number of methoxy groups -OCH3 is 3. The number of carbonyl (C=O) groups excluding carboxylic acids is 1. The summed E-state index contributed by atoms with van der Waals surface area (Å²) in [7, 11) is 4.31. The number of esters is 1. The summed E-state index contributed by atoms with van der Waals surface area (Å²) in [6.45, 7) is 2.31. The number of nitrogens with two attached hydrogens (primary N) is 1. The number of benzene rings is 2. The lowest BCUT2D eigenvalue weighted by Crippen LogP contribution is -2.35. The summed E-state index contributed by atoms with van der Waals surface area (Å²) in [5.74, 6) is -0.314. The van der Waals surface area contributed by atoms with Gasteiger partial charge in [-0.15, -0.1) is 0 Å². The molecule has 0 bridgehead atoms. The molecule has 1 aliphatic rings. The molecule has 1 atom stereocenters. The molecule has 0 spiro atoms. The molecule has 4 rings (SSSR count). The molecule has 0 radical (unpaired) electrons. The van der Waals surface area contributed by atoms with Gasteiger partial charge in [-0.2, -0.15) is 0 Å². The van der Waals surface area contributed by atoms with E-state index in [1.54, 1.807) is 28.8 Å². The molecule has 1 aromatic heterocycles. The molecule has 2 aromatic carbocycles. The summed E-state index contributed by atoms with van der Waals surface area (Å²) in [6, 6.07) is 16.9. The van der Waals surface area contributed by atoms with Crippen molar-refractivity contribution < 1.29 is 23.7 Å². The number of fused-ring (bicyclic) bond motifs is 1. The molecule has 182 valence electrons. The van der Waals surface area contributed by atoms with Gasteiger partial charge < -0.3 is 29.2 Å². The van der Waals surface area contributed by atoms with E-state index in [9.17, 15) is 9.59 Å². The minimum Gasteiger partial charge on any atom is -0.493 e. The van der Waals surface area contributed by atoms with Gasteiger partial charge in [-0.05, 0) is 36.6 Å². The third-order valence-corrected chi connectivity index (χ3v) is 6.18. The van der Waals surface area contributed by atoms with Gasteiger partial charge in [0, 0.05) is 18.3 Å². The Morgan fingerprint density at radius 3 is 2.40 bits per heavy atom. The lowest BCUT2D eigenvalue weighted by molar-refractivity contribution is -0.136. The first-order chi connectivity index (χ1) is 16.9. The molecule has 0 fully saturated rings. The average Bonchev–Trinajstić information content (AvgIpc) is 2.87. The first kappa shape index (κ1) is 23.9. The second-order valence-corrected chi connectivity index (χ2v) is 8.18. The fourth-order valence-electron chi connectivity index (χ4n) is 4.42. The second kappa shape index (κ2) is 9.97. The highest BCUT2D eigenvalue weighted by Crippen LogP contribution is 2.43. The first-order valence-electron chi connectivity index (χ1n) is 11.2. The van der Waals surface area contributed by atoms with Gasteiger partial charge in [-0.1, -0.05) is 36.4 Å². The van der Waals surface area contributed by atoms with Crippen LogP contribution in [0.2, 0.25) is 0 Å². The Hall–Kier alpha value is -4.20.